The van der Waals surface area contributed by atoms with Gasteiger partial charge in [-0.25, -0.2) is 9.97 Å². The number of nitrogens with zero attached hydrogens (tertiary/aromatic N) is 2. The summed E-state index contributed by atoms with van der Waals surface area (Å²) in [7, 11) is 0. The second-order valence-electron chi connectivity index (χ2n) is 3.22. The van der Waals surface area contributed by atoms with Crippen molar-refractivity contribution in [3.8, 4) is 11.5 Å². The van der Waals surface area contributed by atoms with E-state index < -0.39 is 0 Å². The van der Waals surface area contributed by atoms with E-state index in [1.54, 1.807) is 23.8 Å². The minimum absolute atomic E-state index is 0.630. The summed E-state index contributed by atoms with van der Waals surface area (Å²) in [5, 5.41) is 1.06. The molecule has 4 heteroatoms. The number of aromatic nitrogens is 2. The molecule has 3 rings (SSSR count). The highest BCUT2D eigenvalue weighted by atomic mass is 32.1. The number of benzene rings is 1. The minimum Gasteiger partial charge on any atom is -0.444 e. The van der Waals surface area contributed by atoms with Crippen molar-refractivity contribution in [2.75, 3.05) is 0 Å². The van der Waals surface area contributed by atoms with Crippen molar-refractivity contribution < 1.29 is 4.42 Å². The van der Waals surface area contributed by atoms with E-state index in [1.807, 2.05) is 19.1 Å². The molecule has 1 aromatic carbocycles. The maximum Gasteiger partial charge on any atom is 0.228 e. The van der Waals surface area contributed by atoms with Gasteiger partial charge in [-0.1, -0.05) is 6.07 Å². The number of rotatable bonds is 1. The van der Waals surface area contributed by atoms with Crippen LogP contribution in [0.4, 0.5) is 0 Å². The van der Waals surface area contributed by atoms with Crippen LogP contribution in [0.2, 0.25) is 0 Å². The molecule has 2 aromatic heterocycles. The van der Waals surface area contributed by atoms with E-state index in [4.69, 9.17) is 4.42 Å². The summed E-state index contributed by atoms with van der Waals surface area (Å²) in [6.07, 6.45) is 3.22. The number of hydrogen-bond donors (Lipinski definition) is 0. The second kappa shape index (κ2) is 3.17. The molecule has 0 aliphatic rings. The number of para-hydroxylation sites is 1. The lowest BCUT2D eigenvalue weighted by Gasteiger charge is -1.95. The van der Waals surface area contributed by atoms with Crippen molar-refractivity contribution in [2.45, 2.75) is 6.92 Å². The van der Waals surface area contributed by atoms with Crippen LogP contribution in [-0.4, -0.2) is 9.97 Å². The molecule has 2 heterocycles. The third-order valence-corrected chi connectivity index (χ3v) is 3.12. The van der Waals surface area contributed by atoms with Crippen molar-refractivity contribution >= 4 is 21.6 Å². The average Bonchev–Trinajstić information content (AvgIpc) is 2.82. The van der Waals surface area contributed by atoms with Gasteiger partial charge in [-0.3, -0.25) is 0 Å². The maximum absolute atomic E-state index is 5.29. The van der Waals surface area contributed by atoms with Crippen molar-refractivity contribution in [3.05, 3.63) is 35.7 Å². The van der Waals surface area contributed by atoms with Crippen molar-refractivity contribution in [3.63, 3.8) is 0 Å². The molecule has 0 atom stereocenters. The van der Waals surface area contributed by atoms with Crippen molar-refractivity contribution in [2.24, 2.45) is 0 Å². The Hall–Kier alpha value is -1.68. The van der Waals surface area contributed by atoms with Crippen LogP contribution < -0.4 is 0 Å². The van der Waals surface area contributed by atoms with E-state index in [0.717, 1.165) is 16.1 Å². The number of fused-ring (bicyclic) bond motifs is 1. The molecule has 0 spiro atoms. The Kier molecular flexibility index (Phi) is 1.82. The van der Waals surface area contributed by atoms with Gasteiger partial charge in [0.05, 0.1) is 27.0 Å². The average molecular weight is 216 g/mol. The Morgan fingerprint density at radius 2 is 2.27 bits per heavy atom. The zero-order chi connectivity index (χ0) is 10.3. The first-order valence-corrected chi connectivity index (χ1v) is 5.42. The number of aryl methyl sites for hydroxylation is 1. The quantitative estimate of drug-likeness (QED) is 0.626. The normalized spacial score (nSPS) is 11.0. The lowest BCUT2D eigenvalue weighted by Crippen LogP contribution is -1.79. The Labute approximate surface area is 90.4 Å². The van der Waals surface area contributed by atoms with Crippen LogP contribution in [0.25, 0.3) is 21.7 Å². The highest BCUT2D eigenvalue weighted by molar-refractivity contribution is 7.18. The van der Waals surface area contributed by atoms with E-state index in [1.165, 1.54) is 4.70 Å². The molecule has 0 aliphatic heterocycles. The topological polar surface area (TPSA) is 38.9 Å². The van der Waals surface area contributed by atoms with Gasteiger partial charge in [0.1, 0.15) is 6.26 Å². The van der Waals surface area contributed by atoms with Crippen LogP contribution in [0.3, 0.4) is 0 Å². The summed E-state index contributed by atoms with van der Waals surface area (Å²) in [5.41, 5.74) is 1.93. The third kappa shape index (κ3) is 1.34. The lowest BCUT2D eigenvalue weighted by molar-refractivity contribution is 0.575. The molecule has 0 radical (unpaired) electrons. The highest BCUT2D eigenvalue weighted by Gasteiger charge is 2.10. The van der Waals surface area contributed by atoms with Crippen LogP contribution >= 0.6 is 11.3 Å². The minimum atomic E-state index is 0.630. The molecular weight excluding hydrogens is 208 g/mol. The SMILES string of the molecule is Cc1nc2c(-c3ncco3)cccc2s1. The van der Waals surface area contributed by atoms with Gasteiger partial charge in [-0.15, -0.1) is 11.3 Å². The van der Waals surface area contributed by atoms with Crippen LogP contribution in [0.5, 0.6) is 0 Å². The molecule has 0 amide bonds. The van der Waals surface area contributed by atoms with Crippen LogP contribution in [0, 0.1) is 6.92 Å². The monoisotopic (exact) mass is 216 g/mol. The van der Waals surface area contributed by atoms with Crippen molar-refractivity contribution in [1.29, 1.82) is 0 Å². The summed E-state index contributed by atoms with van der Waals surface area (Å²) < 4.78 is 6.46. The van der Waals surface area contributed by atoms with Crippen LogP contribution in [0.1, 0.15) is 5.01 Å². The van der Waals surface area contributed by atoms with Gasteiger partial charge in [0.15, 0.2) is 0 Å². The molecular formula is C11H8N2OS. The largest absolute Gasteiger partial charge is 0.444 e. The Morgan fingerprint density at radius 1 is 1.33 bits per heavy atom. The van der Waals surface area contributed by atoms with Crippen molar-refractivity contribution in [1.82, 2.24) is 9.97 Å². The predicted octanol–water partition coefficient (Wildman–Crippen LogP) is 3.26. The molecule has 3 nitrogen and oxygen atoms in total. The van der Waals surface area contributed by atoms with Gasteiger partial charge >= 0.3 is 0 Å². The van der Waals surface area contributed by atoms with Gasteiger partial charge in [0.2, 0.25) is 5.89 Å². The van der Waals surface area contributed by atoms with Crippen LogP contribution in [0.15, 0.2) is 35.1 Å². The lowest BCUT2D eigenvalue weighted by atomic mass is 10.2. The summed E-state index contributed by atoms with van der Waals surface area (Å²) >= 11 is 1.68. The highest BCUT2D eigenvalue weighted by Crippen LogP contribution is 2.30. The van der Waals surface area contributed by atoms with Crippen LogP contribution in [-0.2, 0) is 0 Å². The Morgan fingerprint density at radius 3 is 3.07 bits per heavy atom. The molecule has 0 unspecified atom stereocenters. The first-order chi connectivity index (χ1) is 7.34. The fourth-order valence-corrected chi connectivity index (χ4v) is 2.44. The summed E-state index contributed by atoms with van der Waals surface area (Å²) in [5.74, 6) is 0.630. The second-order valence-corrected chi connectivity index (χ2v) is 4.46. The smallest absolute Gasteiger partial charge is 0.228 e. The van der Waals surface area contributed by atoms with Gasteiger partial charge in [0, 0.05) is 0 Å². The van der Waals surface area contributed by atoms with E-state index >= 15 is 0 Å². The summed E-state index contributed by atoms with van der Waals surface area (Å²) in [6.45, 7) is 2.00. The standard InChI is InChI=1S/C11H8N2OS/c1-7-13-10-8(11-12-5-6-14-11)3-2-4-9(10)15-7/h2-6H,1H3. The number of thiazole rings is 1. The molecule has 0 N–H and O–H groups in total. The molecule has 0 aliphatic carbocycles. The molecule has 0 fully saturated rings. The van der Waals surface area contributed by atoms with Gasteiger partial charge in [-0.05, 0) is 19.1 Å². The van der Waals surface area contributed by atoms with Gasteiger partial charge < -0.3 is 4.42 Å². The fourth-order valence-electron chi connectivity index (χ4n) is 1.59. The first-order valence-electron chi connectivity index (χ1n) is 4.60. The van der Waals surface area contributed by atoms with E-state index in [9.17, 15) is 0 Å². The summed E-state index contributed by atoms with van der Waals surface area (Å²) in [4.78, 5) is 8.63. The molecule has 0 saturated carbocycles. The fraction of sp³-hybridized carbons (Fsp3) is 0.0909. The predicted molar refractivity (Wildman–Crippen MR) is 59.9 cm³/mol. The molecule has 3 aromatic rings. The van der Waals surface area contributed by atoms with E-state index in [2.05, 4.69) is 16.0 Å². The molecule has 74 valence electrons. The van der Waals surface area contributed by atoms with E-state index in [0.29, 0.717) is 5.89 Å². The zero-order valence-corrected chi connectivity index (χ0v) is 8.91. The Balaban J connectivity index is 2.35. The molecule has 0 bridgehead atoms. The van der Waals surface area contributed by atoms with Gasteiger partial charge in [0.25, 0.3) is 0 Å². The number of oxazole rings is 1. The van der Waals surface area contributed by atoms with Gasteiger partial charge in [-0.2, -0.15) is 0 Å². The number of hydrogen-bond acceptors (Lipinski definition) is 4. The Bertz CT molecular complexity index is 598. The summed E-state index contributed by atoms with van der Waals surface area (Å²) in [6, 6.07) is 6.04. The third-order valence-electron chi connectivity index (χ3n) is 2.19. The molecule has 15 heavy (non-hydrogen) atoms. The maximum atomic E-state index is 5.29. The molecule has 0 saturated heterocycles. The first kappa shape index (κ1) is 8.61. The van der Waals surface area contributed by atoms with E-state index in [-0.39, 0.29) is 0 Å². The zero-order valence-electron chi connectivity index (χ0n) is 8.10.